The van der Waals surface area contributed by atoms with Gasteiger partial charge in [0.1, 0.15) is 23.2 Å². The number of fused-ring (bicyclic) bond motifs is 2. The zero-order valence-electron chi connectivity index (χ0n) is 18.5. The Morgan fingerprint density at radius 3 is 2.68 bits per heavy atom. The van der Waals surface area contributed by atoms with Gasteiger partial charge in [0.15, 0.2) is 11.5 Å². The monoisotopic (exact) mass is 534 g/mol. The van der Waals surface area contributed by atoms with Gasteiger partial charge in [-0.3, -0.25) is 4.98 Å². The molecule has 0 fully saturated rings. The lowest BCUT2D eigenvalue weighted by Gasteiger charge is -2.14. The van der Waals surface area contributed by atoms with Gasteiger partial charge in [0.2, 0.25) is 0 Å². The molecule has 5 aromatic rings. The molecule has 0 saturated carbocycles. The average molecular weight is 535 g/mol. The summed E-state index contributed by atoms with van der Waals surface area (Å²) in [5.41, 5.74) is 4.18. The summed E-state index contributed by atoms with van der Waals surface area (Å²) in [5, 5.41) is 20.0. The van der Waals surface area contributed by atoms with Crippen molar-refractivity contribution in [2.24, 2.45) is 0 Å². The molecule has 0 spiro atoms. The van der Waals surface area contributed by atoms with Crippen molar-refractivity contribution in [3.8, 4) is 11.1 Å². The number of carboxylic acids is 1. The summed E-state index contributed by atoms with van der Waals surface area (Å²) in [4.78, 5) is 28.4. The lowest BCUT2D eigenvalue weighted by atomic mass is 9.95. The van der Waals surface area contributed by atoms with Crippen LogP contribution in [0.3, 0.4) is 0 Å². The van der Waals surface area contributed by atoms with E-state index in [0.29, 0.717) is 40.5 Å². The Kier molecular flexibility index (Phi) is 7.38. The number of nitrogens with zero attached hydrogens (tertiary/aromatic N) is 6. The number of hydrogen-bond acceptors (Lipinski definition) is 8. The number of aromatic nitrogens is 7. The number of nitrogens with one attached hydrogen (secondary N) is 2. The normalized spacial score (nSPS) is 11.3. The van der Waals surface area contributed by atoms with Gasteiger partial charge in [0.05, 0.1) is 23.7 Å². The second kappa shape index (κ2) is 10.7. The molecule has 0 aliphatic rings. The van der Waals surface area contributed by atoms with Gasteiger partial charge < -0.3 is 15.4 Å². The van der Waals surface area contributed by atoms with Crippen molar-refractivity contribution in [1.82, 2.24) is 35.1 Å². The summed E-state index contributed by atoms with van der Waals surface area (Å²) in [6.07, 6.45) is 2.87. The van der Waals surface area contributed by atoms with Crippen LogP contribution in [-0.2, 0) is 11.2 Å². The number of rotatable bonds is 5. The van der Waals surface area contributed by atoms with Crippen LogP contribution in [0.25, 0.3) is 33.2 Å². The summed E-state index contributed by atoms with van der Waals surface area (Å²) in [7, 11) is 0. The van der Waals surface area contributed by atoms with Gasteiger partial charge in [-0.15, -0.1) is 5.10 Å². The molecular formula is C22H15ClF4N8O2. The third kappa shape index (κ3) is 5.86. The second-order valence-corrected chi connectivity index (χ2v) is 7.79. The molecule has 0 atom stereocenters. The molecule has 1 aromatic carbocycles. The van der Waals surface area contributed by atoms with Crippen LogP contribution in [0.1, 0.15) is 5.56 Å². The molecule has 37 heavy (non-hydrogen) atoms. The molecule has 15 heteroatoms. The molecule has 3 N–H and O–H groups in total. The molecule has 4 aromatic heterocycles. The van der Waals surface area contributed by atoms with Gasteiger partial charge >= 0.3 is 12.1 Å². The van der Waals surface area contributed by atoms with Crippen molar-refractivity contribution < 1.29 is 27.5 Å². The Morgan fingerprint density at radius 2 is 1.95 bits per heavy atom. The minimum atomic E-state index is -5.08. The van der Waals surface area contributed by atoms with E-state index >= 15 is 0 Å². The van der Waals surface area contributed by atoms with E-state index in [1.165, 1.54) is 18.6 Å². The Balaban J connectivity index is 0.000000405. The second-order valence-electron chi connectivity index (χ2n) is 7.38. The van der Waals surface area contributed by atoms with Crippen LogP contribution >= 0.6 is 11.6 Å². The maximum atomic E-state index is 13.9. The molecule has 0 bridgehead atoms. The molecule has 0 unspecified atom stereocenters. The van der Waals surface area contributed by atoms with Gasteiger partial charge in [-0.05, 0) is 30.2 Å². The number of halogens is 5. The summed E-state index contributed by atoms with van der Waals surface area (Å²) >= 11 is 6.50. The average Bonchev–Trinajstić information content (AvgIpc) is 3.34. The van der Waals surface area contributed by atoms with Gasteiger partial charge in [-0.25, -0.2) is 24.1 Å². The number of alkyl halides is 3. The highest BCUT2D eigenvalue weighted by Gasteiger charge is 2.38. The number of H-pyrrole nitrogens is 1. The number of hydrogen-bond donors (Lipinski definition) is 3. The molecular weight excluding hydrogens is 520 g/mol. The number of aromatic amines is 1. The zero-order valence-corrected chi connectivity index (χ0v) is 19.2. The van der Waals surface area contributed by atoms with Crippen molar-refractivity contribution in [3.63, 3.8) is 0 Å². The van der Waals surface area contributed by atoms with Crippen molar-refractivity contribution in [2.75, 3.05) is 11.9 Å². The molecule has 4 heterocycles. The fourth-order valence-corrected chi connectivity index (χ4v) is 3.73. The molecule has 10 nitrogen and oxygen atoms in total. The van der Waals surface area contributed by atoms with Crippen molar-refractivity contribution in [1.29, 1.82) is 0 Å². The highest BCUT2D eigenvalue weighted by Crippen LogP contribution is 2.35. The predicted octanol–water partition coefficient (Wildman–Crippen LogP) is 4.44. The number of carbonyl (C=O) groups is 1. The number of pyridine rings is 1. The van der Waals surface area contributed by atoms with E-state index in [1.807, 2.05) is 6.07 Å². The van der Waals surface area contributed by atoms with Crippen LogP contribution in [0.2, 0.25) is 5.02 Å². The van der Waals surface area contributed by atoms with Gasteiger partial charge in [0, 0.05) is 29.3 Å². The molecule has 5 rings (SSSR count). The zero-order chi connectivity index (χ0) is 26.6. The maximum Gasteiger partial charge on any atom is 0.490 e. The number of aliphatic carboxylic acids is 1. The quantitative estimate of drug-likeness (QED) is 0.279. The van der Waals surface area contributed by atoms with Crippen molar-refractivity contribution in [2.45, 2.75) is 12.6 Å². The molecule has 0 aliphatic carbocycles. The highest BCUT2D eigenvalue weighted by atomic mass is 35.5. The number of imidazole rings is 1. The fraction of sp³-hybridized carbons (Fsp3) is 0.136. The van der Waals surface area contributed by atoms with E-state index in [0.717, 1.165) is 22.0 Å². The molecule has 0 radical (unpaired) electrons. The van der Waals surface area contributed by atoms with Crippen LogP contribution in [0, 0.1) is 5.82 Å². The SMILES string of the molecule is Fc1cncc(-c2c(CCNc3ncnc4nc[nH]c34)cc(Cl)c3ccnnc23)c1.O=C(O)C(F)(F)F. The largest absolute Gasteiger partial charge is 0.490 e. The Hall–Kier alpha value is -4.46. The van der Waals surface area contributed by atoms with Crippen LogP contribution in [0.15, 0.2) is 49.4 Å². The first-order chi connectivity index (χ1) is 17.6. The number of benzene rings is 1. The van der Waals surface area contributed by atoms with Crippen molar-refractivity contribution in [3.05, 3.63) is 65.8 Å². The van der Waals surface area contributed by atoms with Crippen LogP contribution in [0.4, 0.5) is 23.4 Å². The number of carboxylic acid groups (broad SMARTS) is 1. The minimum absolute atomic E-state index is 0.425. The third-order valence-corrected chi connectivity index (χ3v) is 5.30. The van der Waals surface area contributed by atoms with Crippen LogP contribution in [0.5, 0.6) is 0 Å². The molecule has 0 aliphatic heterocycles. The van der Waals surface area contributed by atoms with E-state index in [-0.39, 0.29) is 0 Å². The summed E-state index contributed by atoms with van der Waals surface area (Å²) in [5.74, 6) is -2.53. The standard InChI is InChI=1S/C20H14ClFN8.C2HF3O2/c21-15-6-11(1-3-24-19-18-20(26-9-25-18)28-10-27-19)16(12-5-13(22)8-23-7-12)17-14(15)2-4-29-30-17;3-2(4,5)1(6)7/h2,4-10H,1,3H2,(H2,24,25,26,27,28);(H,6,7). The summed E-state index contributed by atoms with van der Waals surface area (Å²) in [6.45, 7) is 0.545. The third-order valence-electron chi connectivity index (χ3n) is 4.98. The maximum absolute atomic E-state index is 13.9. The fourth-order valence-electron chi connectivity index (χ4n) is 3.45. The molecule has 0 saturated heterocycles. The molecule has 190 valence electrons. The first-order valence-electron chi connectivity index (χ1n) is 10.4. The van der Waals surface area contributed by atoms with E-state index in [2.05, 4.69) is 40.4 Å². The predicted molar refractivity (Wildman–Crippen MR) is 125 cm³/mol. The van der Waals surface area contributed by atoms with E-state index in [4.69, 9.17) is 21.5 Å². The first kappa shape index (κ1) is 25.6. The lowest BCUT2D eigenvalue weighted by Crippen LogP contribution is -2.21. The number of anilines is 1. The van der Waals surface area contributed by atoms with Crippen molar-refractivity contribution >= 4 is 45.5 Å². The highest BCUT2D eigenvalue weighted by molar-refractivity contribution is 6.36. The first-order valence-corrected chi connectivity index (χ1v) is 10.7. The van der Waals surface area contributed by atoms with Gasteiger partial charge in [-0.1, -0.05) is 11.6 Å². The smallest absolute Gasteiger partial charge is 0.475 e. The topological polar surface area (TPSA) is 142 Å². The van der Waals surface area contributed by atoms with Crippen LogP contribution < -0.4 is 5.32 Å². The minimum Gasteiger partial charge on any atom is -0.475 e. The molecule has 0 amide bonds. The van der Waals surface area contributed by atoms with Gasteiger partial charge in [-0.2, -0.15) is 18.3 Å². The van der Waals surface area contributed by atoms with E-state index < -0.39 is 18.0 Å². The van der Waals surface area contributed by atoms with E-state index in [9.17, 15) is 17.6 Å². The van der Waals surface area contributed by atoms with Crippen LogP contribution in [-0.4, -0.2) is 58.9 Å². The Morgan fingerprint density at radius 1 is 1.16 bits per heavy atom. The summed E-state index contributed by atoms with van der Waals surface area (Å²) in [6, 6.07) is 5.10. The summed E-state index contributed by atoms with van der Waals surface area (Å²) < 4.78 is 45.6. The Labute approximate surface area is 209 Å². The Bertz CT molecular complexity index is 1580. The van der Waals surface area contributed by atoms with E-state index in [1.54, 1.807) is 24.8 Å². The lowest BCUT2D eigenvalue weighted by molar-refractivity contribution is -0.192. The van der Waals surface area contributed by atoms with Gasteiger partial charge in [0.25, 0.3) is 0 Å².